The molecular formula is C20H23ClFNO3. The van der Waals surface area contributed by atoms with Crippen LogP contribution >= 0.6 is 11.6 Å². The average Bonchev–Trinajstić information content (AvgIpc) is 2.64. The minimum absolute atomic E-state index is 0.142. The van der Waals surface area contributed by atoms with Gasteiger partial charge in [-0.15, -0.1) is 0 Å². The van der Waals surface area contributed by atoms with Crippen LogP contribution in [-0.4, -0.2) is 47.5 Å². The molecule has 1 fully saturated rings. The first-order valence-corrected chi connectivity index (χ1v) is 9.10. The van der Waals surface area contributed by atoms with Crippen molar-refractivity contribution in [2.24, 2.45) is 0 Å². The smallest absolute Gasteiger partial charge is 0.123 e. The molecule has 0 bridgehead atoms. The van der Waals surface area contributed by atoms with Crippen LogP contribution in [0.5, 0.6) is 5.75 Å². The van der Waals surface area contributed by atoms with Gasteiger partial charge in [-0.2, -0.15) is 0 Å². The molecule has 26 heavy (non-hydrogen) atoms. The highest BCUT2D eigenvalue weighted by Gasteiger charge is 2.34. The van der Waals surface area contributed by atoms with Gasteiger partial charge in [0.25, 0.3) is 0 Å². The number of ether oxygens (including phenoxy) is 1. The first-order valence-electron chi connectivity index (χ1n) is 8.72. The molecule has 140 valence electrons. The highest BCUT2D eigenvalue weighted by atomic mass is 35.5. The Morgan fingerprint density at radius 2 is 1.69 bits per heavy atom. The van der Waals surface area contributed by atoms with Crippen molar-refractivity contribution in [2.45, 2.75) is 24.5 Å². The van der Waals surface area contributed by atoms with Gasteiger partial charge in [-0.1, -0.05) is 23.7 Å². The topological polar surface area (TPSA) is 52.9 Å². The maximum absolute atomic E-state index is 12.9. The summed E-state index contributed by atoms with van der Waals surface area (Å²) in [6.45, 7) is 1.99. The van der Waals surface area contributed by atoms with Crippen LogP contribution in [0.1, 0.15) is 18.4 Å². The number of benzene rings is 2. The molecule has 0 radical (unpaired) electrons. The van der Waals surface area contributed by atoms with Crippen molar-refractivity contribution in [3.8, 4) is 5.75 Å². The van der Waals surface area contributed by atoms with Gasteiger partial charge in [0.1, 0.15) is 24.3 Å². The van der Waals surface area contributed by atoms with Gasteiger partial charge >= 0.3 is 0 Å². The summed E-state index contributed by atoms with van der Waals surface area (Å²) in [5.41, 5.74) is 0.0261. The third kappa shape index (κ3) is 4.95. The van der Waals surface area contributed by atoms with E-state index >= 15 is 0 Å². The molecule has 0 aliphatic carbocycles. The molecule has 1 heterocycles. The largest absolute Gasteiger partial charge is 0.491 e. The molecule has 3 rings (SSSR count). The number of hydrogen-bond donors (Lipinski definition) is 2. The highest BCUT2D eigenvalue weighted by Crippen LogP contribution is 2.33. The average molecular weight is 380 g/mol. The van der Waals surface area contributed by atoms with E-state index in [0.717, 1.165) is 5.56 Å². The molecule has 4 nitrogen and oxygen atoms in total. The van der Waals surface area contributed by atoms with Gasteiger partial charge in [-0.05, 0) is 54.8 Å². The van der Waals surface area contributed by atoms with Gasteiger partial charge < -0.3 is 19.8 Å². The fourth-order valence-corrected chi connectivity index (χ4v) is 3.35. The van der Waals surface area contributed by atoms with E-state index in [1.807, 2.05) is 12.1 Å². The van der Waals surface area contributed by atoms with Crippen LogP contribution in [0.15, 0.2) is 48.5 Å². The summed E-state index contributed by atoms with van der Waals surface area (Å²) in [6.07, 6.45) is 0.544. The number of likely N-dealkylation sites (tertiary alicyclic amines) is 1. The van der Waals surface area contributed by atoms with Crippen molar-refractivity contribution in [2.75, 3.05) is 26.2 Å². The predicted molar refractivity (Wildman–Crippen MR) is 98.9 cm³/mol. The van der Waals surface area contributed by atoms with E-state index in [2.05, 4.69) is 4.90 Å². The second-order valence-electron chi connectivity index (χ2n) is 6.76. The first-order chi connectivity index (χ1) is 12.4. The van der Waals surface area contributed by atoms with Crippen LogP contribution in [0.4, 0.5) is 4.39 Å². The summed E-state index contributed by atoms with van der Waals surface area (Å²) in [5, 5.41) is 21.7. The third-order valence-electron chi connectivity index (χ3n) is 4.79. The van der Waals surface area contributed by atoms with Crippen LogP contribution in [-0.2, 0) is 5.60 Å². The van der Waals surface area contributed by atoms with E-state index in [0.29, 0.717) is 43.2 Å². The lowest BCUT2D eigenvalue weighted by atomic mass is 9.84. The minimum Gasteiger partial charge on any atom is -0.491 e. The van der Waals surface area contributed by atoms with Gasteiger partial charge in [0, 0.05) is 24.7 Å². The number of β-amino-alcohol motifs (C(OH)–C–C–N with tert-alkyl or cyclic N) is 1. The lowest BCUT2D eigenvalue weighted by Gasteiger charge is -2.39. The molecule has 0 amide bonds. The van der Waals surface area contributed by atoms with E-state index in [1.165, 1.54) is 24.3 Å². The zero-order valence-corrected chi connectivity index (χ0v) is 15.2. The molecule has 6 heteroatoms. The number of rotatable bonds is 6. The van der Waals surface area contributed by atoms with E-state index < -0.39 is 11.7 Å². The molecule has 2 N–H and O–H groups in total. The lowest BCUT2D eigenvalue weighted by molar-refractivity contribution is -0.0372. The molecule has 1 aliphatic rings. The molecule has 0 spiro atoms. The molecule has 1 aliphatic heterocycles. The molecule has 2 aromatic rings. The number of halogens is 2. The Balaban J connectivity index is 1.45. The zero-order valence-electron chi connectivity index (χ0n) is 14.4. The Labute approximate surface area is 157 Å². The number of aliphatic hydroxyl groups is 2. The number of piperidine rings is 1. The molecule has 0 aromatic heterocycles. The van der Waals surface area contributed by atoms with Crippen molar-refractivity contribution in [1.29, 1.82) is 0 Å². The molecule has 1 atom stereocenters. The Hall–Kier alpha value is -1.66. The maximum Gasteiger partial charge on any atom is 0.123 e. The number of hydrogen-bond acceptors (Lipinski definition) is 4. The molecule has 1 unspecified atom stereocenters. The van der Waals surface area contributed by atoms with Crippen molar-refractivity contribution in [1.82, 2.24) is 4.90 Å². The Bertz CT molecular complexity index is 700. The van der Waals surface area contributed by atoms with Crippen molar-refractivity contribution in [3.05, 3.63) is 64.9 Å². The van der Waals surface area contributed by atoms with Gasteiger partial charge in [0.15, 0.2) is 0 Å². The molecular weight excluding hydrogens is 357 g/mol. The SMILES string of the molecule is OC(COc1ccc(F)cc1)CN1CCC(O)(c2ccc(Cl)cc2)CC1. The summed E-state index contributed by atoms with van der Waals surface area (Å²) in [5.74, 6) is 0.209. The number of aliphatic hydroxyl groups excluding tert-OH is 1. The lowest BCUT2D eigenvalue weighted by Crippen LogP contribution is -2.46. The fraction of sp³-hybridized carbons (Fsp3) is 0.400. The second-order valence-corrected chi connectivity index (χ2v) is 7.19. The summed E-state index contributed by atoms with van der Waals surface area (Å²) in [7, 11) is 0. The number of nitrogens with zero attached hydrogens (tertiary/aromatic N) is 1. The van der Waals surface area contributed by atoms with Crippen LogP contribution in [0, 0.1) is 5.82 Å². The predicted octanol–water partition coefficient (Wildman–Crippen LogP) is 3.20. The monoisotopic (exact) mass is 379 g/mol. The van der Waals surface area contributed by atoms with Crippen LogP contribution in [0.2, 0.25) is 5.02 Å². The van der Waals surface area contributed by atoms with Crippen molar-refractivity contribution < 1.29 is 19.3 Å². The molecule has 0 saturated carbocycles. The highest BCUT2D eigenvalue weighted by molar-refractivity contribution is 6.30. The Morgan fingerprint density at radius 1 is 1.08 bits per heavy atom. The second kappa shape index (κ2) is 8.35. The van der Waals surface area contributed by atoms with Crippen LogP contribution in [0.3, 0.4) is 0 Å². The van der Waals surface area contributed by atoms with E-state index in [-0.39, 0.29) is 12.4 Å². The van der Waals surface area contributed by atoms with Gasteiger partial charge in [0.2, 0.25) is 0 Å². The summed E-state index contributed by atoms with van der Waals surface area (Å²) >= 11 is 5.91. The van der Waals surface area contributed by atoms with Crippen LogP contribution in [0.25, 0.3) is 0 Å². The van der Waals surface area contributed by atoms with Gasteiger partial charge in [0.05, 0.1) is 5.60 Å². The zero-order chi connectivity index (χ0) is 18.6. The normalized spacial score (nSPS) is 18.5. The third-order valence-corrected chi connectivity index (χ3v) is 5.04. The summed E-state index contributed by atoms with van der Waals surface area (Å²) in [4.78, 5) is 2.11. The van der Waals surface area contributed by atoms with Crippen LogP contribution < -0.4 is 4.74 Å². The Morgan fingerprint density at radius 3 is 2.31 bits per heavy atom. The van der Waals surface area contributed by atoms with Crippen molar-refractivity contribution >= 4 is 11.6 Å². The fourth-order valence-electron chi connectivity index (χ4n) is 3.23. The molecule has 1 saturated heterocycles. The Kier molecular flexibility index (Phi) is 6.14. The summed E-state index contributed by atoms with van der Waals surface area (Å²) in [6, 6.07) is 13.0. The molecule has 2 aromatic carbocycles. The first kappa shape index (κ1) is 19.1. The van der Waals surface area contributed by atoms with E-state index in [1.54, 1.807) is 12.1 Å². The van der Waals surface area contributed by atoms with Gasteiger partial charge in [-0.25, -0.2) is 4.39 Å². The quantitative estimate of drug-likeness (QED) is 0.809. The van der Waals surface area contributed by atoms with E-state index in [9.17, 15) is 14.6 Å². The van der Waals surface area contributed by atoms with E-state index in [4.69, 9.17) is 16.3 Å². The standard InChI is InChI=1S/C20H23ClFNO3/c21-16-3-1-15(2-4-16)20(25)9-11-23(12-10-20)13-18(24)14-26-19-7-5-17(22)6-8-19/h1-8,18,24-25H,9-14H2. The maximum atomic E-state index is 12.9. The minimum atomic E-state index is -0.851. The van der Waals surface area contributed by atoms with Gasteiger partial charge in [-0.3, -0.25) is 0 Å². The summed E-state index contributed by atoms with van der Waals surface area (Å²) < 4.78 is 18.3. The van der Waals surface area contributed by atoms with Crippen molar-refractivity contribution in [3.63, 3.8) is 0 Å².